The number of esters is 1. The van der Waals surface area contributed by atoms with Gasteiger partial charge >= 0.3 is 5.97 Å². The third kappa shape index (κ3) is 4.91. The molecule has 4 heterocycles. The summed E-state index contributed by atoms with van der Waals surface area (Å²) in [6.07, 6.45) is 5.06. The molecule has 0 spiro atoms. The van der Waals surface area contributed by atoms with Crippen molar-refractivity contribution in [1.29, 1.82) is 0 Å². The summed E-state index contributed by atoms with van der Waals surface area (Å²) >= 11 is 13.1. The summed E-state index contributed by atoms with van der Waals surface area (Å²) in [5, 5.41) is 1.21. The SMILES string of the molecule is CCOC(=O)c1cn(-c2ccc3c(c2)COC3)c2cc(N3CCCC3COc3ncccc3Cl)c(Cl)cc2c1=O. The van der Waals surface area contributed by atoms with Gasteiger partial charge in [-0.15, -0.1) is 0 Å². The smallest absolute Gasteiger partial charge is 0.343 e. The largest absolute Gasteiger partial charge is 0.474 e. The van der Waals surface area contributed by atoms with Gasteiger partial charge in [-0.1, -0.05) is 29.3 Å². The first kappa shape index (κ1) is 26.6. The highest BCUT2D eigenvalue weighted by molar-refractivity contribution is 6.34. The number of hydrogen-bond donors (Lipinski definition) is 0. The summed E-state index contributed by atoms with van der Waals surface area (Å²) in [4.78, 5) is 32.7. The van der Waals surface area contributed by atoms with Crippen LogP contribution < -0.4 is 15.1 Å². The maximum Gasteiger partial charge on any atom is 0.343 e. The van der Waals surface area contributed by atoms with Crippen LogP contribution in [-0.2, 0) is 22.7 Å². The van der Waals surface area contributed by atoms with Gasteiger partial charge < -0.3 is 23.7 Å². The molecule has 1 saturated heterocycles. The van der Waals surface area contributed by atoms with Gasteiger partial charge in [0.2, 0.25) is 11.3 Å². The number of carbonyl (C=O) groups excluding carboxylic acids is 1. The number of hydrogen-bond acceptors (Lipinski definition) is 7. The molecule has 2 aromatic carbocycles. The van der Waals surface area contributed by atoms with E-state index in [1.165, 1.54) is 0 Å². The molecule has 0 N–H and O–H groups in total. The Kier molecular flexibility index (Phi) is 7.40. The highest BCUT2D eigenvalue weighted by atomic mass is 35.5. The predicted molar refractivity (Wildman–Crippen MR) is 154 cm³/mol. The van der Waals surface area contributed by atoms with Crippen LogP contribution in [0.3, 0.4) is 0 Å². The van der Waals surface area contributed by atoms with Gasteiger partial charge in [0.25, 0.3) is 0 Å². The average Bonchev–Trinajstić information content (AvgIpc) is 3.62. The Morgan fingerprint density at radius 1 is 1.12 bits per heavy atom. The van der Waals surface area contributed by atoms with E-state index in [2.05, 4.69) is 9.88 Å². The Labute approximate surface area is 241 Å². The molecule has 40 heavy (non-hydrogen) atoms. The van der Waals surface area contributed by atoms with Crippen molar-refractivity contribution in [2.24, 2.45) is 0 Å². The number of rotatable bonds is 7. The molecule has 0 saturated carbocycles. The van der Waals surface area contributed by atoms with Gasteiger partial charge in [-0.25, -0.2) is 9.78 Å². The molecule has 4 aromatic rings. The number of aromatic nitrogens is 2. The molecular formula is C30H27Cl2N3O5. The van der Waals surface area contributed by atoms with E-state index in [-0.39, 0.29) is 18.2 Å². The van der Waals surface area contributed by atoms with Crippen molar-refractivity contribution in [3.63, 3.8) is 0 Å². The van der Waals surface area contributed by atoms with E-state index in [4.69, 9.17) is 37.4 Å². The van der Waals surface area contributed by atoms with Crippen molar-refractivity contribution in [3.8, 4) is 11.6 Å². The van der Waals surface area contributed by atoms with Crippen molar-refractivity contribution >= 4 is 45.8 Å². The molecule has 1 atom stereocenters. The molecule has 0 bridgehead atoms. The topological polar surface area (TPSA) is 82.9 Å². The summed E-state index contributed by atoms with van der Waals surface area (Å²) < 4.78 is 18.6. The highest BCUT2D eigenvalue weighted by Crippen LogP contribution is 2.36. The number of carbonyl (C=O) groups is 1. The van der Waals surface area contributed by atoms with Crippen LogP contribution in [0.5, 0.6) is 5.88 Å². The van der Waals surface area contributed by atoms with Crippen molar-refractivity contribution in [2.75, 3.05) is 24.7 Å². The maximum atomic E-state index is 13.5. The van der Waals surface area contributed by atoms with Crippen LogP contribution in [0.4, 0.5) is 5.69 Å². The minimum atomic E-state index is -0.669. The van der Waals surface area contributed by atoms with Crippen molar-refractivity contribution in [1.82, 2.24) is 9.55 Å². The normalized spacial score (nSPS) is 16.4. The van der Waals surface area contributed by atoms with Gasteiger partial charge in [0.1, 0.15) is 17.2 Å². The molecule has 206 valence electrons. The summed E-state index contributed by atoms with van der Waals surface area (Å²) in [5.74, 6) is -0.278. The average molecular weight is 580 g/mol. The summed E-state index contributed by atoms with van der Waals surface area (Å²) in [6, 6.07) is 13.1. The molecule has 6 rings (SSSR count). The van der Waals surface area contributed by atoms with Gasteiger partial charge in [0.15, 0.2) is 0 Å². The Morgan fingerprint density at radius 3 is 2.80 bits per heavy atom. The second-order valence-electron chi connectivity index (χ2n) is 9.82. The van der Waals surface area contributed by atoms with Crippen LogP contribution in [0, 0.1) is 0 Å². The van der Waals surface area contributed by atoms with E-state index >= 15 is 0 Å². The van der Waals surface area contributed by atoms with E-state index in [1.54, 1.807) is 37.5 Å². The third-order valence-corrected chi connectivity index (χ3v) is 7.96. The van der Waals surface area contributed by atoms with Crippen LogP contribution in [0.25, 0.3) is 16.6 Å². The number of anilines is 1. The molecule has 1 fully saturated rings. The molecular weight excluding hydrogens is 553 g/mol. The summed E-state index contributed by atoms with van der Waals surface area (Å²) in [6.45, 7) is 4.10. The lowest BCUT2D eigenvalue weighted by Crippen LogP contribution is -2.34. The first-order valence-corrected chi connectivity index (χ1v) is 14.0. The van der Waals surface area contributed by atoms with Crippen LogP contribution in [-0.4, -0.2) is 41.3 Å². The molecule has 0 amide bonds. The van der Waals surface area contributed by atoms with Gasteiger partial charge in [0, 0.05) is 30.0 Å². The number of halogens is 2. The van der Waals surface area contributed by atoms with E-state index in [1.807, 2.05) is 28.8 Å². The Bertz CT molecular complexity index is 1670. The fraction of sp³-hybridized carbons (Fsp3) is 0.300. The van der Waals surface area contributed by atoms with Crippen LogP contribution >= 0.6 is 23.2 Å². The lowest BCUT2D eigenvalue weighted by atomic mass is 10.1. The fourth-order valence-corrected chi connectivity index (χ4v) is 5.86. The van der Waals surface area contributed by atoms with Crippen LogP contribution in [0.15, 0.2) is 59.7 Å². The minimum Gasteiger partial charge on any atom is -0.474 e. The van der Waals surface area contributed by atoms with Crippen LogP contribution in [0.2, 0.25) is 10.0 Å². The molecule has 2 aliphatic heterocycles. The molecule has 8 nitrogen and oxygen atoms in total. The van der Waals surface area contributed by atoms with Gasteiger partial charge in [-0.3, -0.25) is 4.79 Å². The van der Waals surface area contributed by atoms with Gasteiger partial charge in [-0.2, -0.15) is 0 Å². The van der Waals surface area contributed by atoms with Crippen molar-refractivity contribution in [2.45, 2.75) is 39.0 Å². The van der Waals surface area contributed by atoms with Crippen LogP contribution in [0.1, 0.15) is 41.3 Å². The number of fused-ring (bicyclic) bond motifs is 2. The molecule has 10 heteroatoms. The Morgan fingerprint density at radius 2 is 1.98 bits per heavy atom. The molecule has 1 unspecified atom stereocenters. The number of ether oxygens (including phenoxy) is 3. The zero-order chi connectivity index (χ0) is 27.8. The van der Waals surface area contributed by atoms with E-state index in [0.717, 1.165) is 41.9 Å². The van der Waals surface area contributed by atoms with Gasteiger partial charge in [-0.05, 0) is 67.3 Å². The lowest BCUT2D eigenvalue weighted by Gasteiger charge is -2.28. The summed E-state index contributed by atoms with van der Waals surface area (Å²) in [5.41, 5.74) is 3.95. The van der Waals surface area contributed by atoms with Crippen molar-refractivity contribution in [3.05, 3.63) is 91.8 Å². The second kappa shape index (κ2) is 11.1. The van der Waals surface area contributed by atoms with E-state index < -0.39 is 11.4 Å². The first-order chi connectivity index (χ1) is 19.4. The monoisotopic (exact) mass is 579 g/mol. The quantitative estimate of drug-likeness (QED) is 0.250. The zero-order valence-corrected chi connectivity index (χ0v) is 23.4. The molecule has 0 aliphatic carbocycles. The highest BCUT2D eigenvalue weighted by Gasteiger charge is 2.29. The predicted octanol–water partition coefficient (Wildman–Crippen LogP) is 5.95. The standard InChI is InChI=1S/C30H27Cl2N3O5/c1-2-39-30(37)23-14-35(20-8-7-18-15-38-16-19(18)11-20)26-13-27(25(32)12-22(26)28(23)36)34-10-4-5-21(34)17-40-29-24(31)6-3-9-33-29/h3,6-9,11-14,21H,2,4-5,10,15-17H2,1H3. The minimum absolute atomic E-state index is 0.0316. The number of nitrogens with zero attached hydrogens (tertiary/aromatic N) is 3. The van der Waals surface area contributed by atoms with Crippen molar-refractivity contribution < 1.29 is 19.0 Å². The lowest BCUT2D eigenvalue weighted by molar-refractivity contribution is 0.0524. The maximum absolute atomic E-state index is 13.5. The second-order valence-corrected chi connectivity index (χ2v) is 10.6. The Hall–Kier alpha value is -3.59. The number of benzene rings is 2. The van der Waals surface area contributed by atoms with E-state index in [9.17, 15) is 9.59 Å². The van der Waals surface area contributed by atoms with E-state index in [0.29, 0.717) is 46.6 Å². The zero-order valence-electron chi connectivity index (χ0n) is 21.9. The Balaban J connectivity index is 1.45. The first-order valence-electron chi connectivity index (χ1n) is 13.2. The summed E-state index contributed by atoms with van der Waals surface area (Å²) in [7, 11) is 0. The third-order valence-electron chi connectivity index (χ3n) is 7.37. The van der Waals surface area contributed by atoms with Gasteiger partial charge in [0.05, 0.1) is 42.1 Å². The number of pyridine rings is 2. The fourth-order valence-electron chi connectivity index (χ4n) is 5.41. The molecule has 2 aliphatic rings. The molecule has 0 radical (unpaired) electrons. The molecule has 2 aromatic heterocycles.